The highest BCUT2D eigenvalue weighted by molar-refractivity contribution is 6.33. The summed E-state index contributed by atoms with van der Waals surface area (Å²) in [6.45, 7) is 2.03. The number of carbonyl (C=O) groups excluding carboxylic acids is 1. The summed E-state index contributed by atoms with van der Waals surface area (Å²) in [7, 11) is 4.26. The largest absolute Gasteiger partial charge is 0.370 e. The van der Waals surface area contributed by atoms with E-state index in [4.69, 9.17) is 11.6 Å². The lowest BCUT2D eigenvalue weighted by atomic mass is 10.0. The molecule has 98 valence electrons. The van der Waals surface area contributed by atoms with Crippen molar-refractivity contribution in [1.82, 2.24) is 4.90 Å². The zero-order valence-corrected chi connectivity index (χ0v) is 11.7. The molecule has 0 aliphatic carbocycles. The fraction of sp³-hybridized carbons (Fsp3) is 0.500. The number of benzene rings is 1. The fourth-order valence-corrected chi connectivity index (χ4v) is 2.78. The van der Waals surface area contributed by atoms with E-state index < -0.39 is 0 Å². The molecule has 2 rings (SSSR count). The average Bonchev–Trinajstić information content (AvgIpc) is 2.38. The molecule has 1 aromatic rings. The van der Waals surface area contributed by atoms with Crippen molar-refractivity contribution in [2.24, 2.45) is 0 Å². The molecule has 0 bridgehead atoms. The van der Waals surface area contributed by atoms with E-state index in [1.807, 2.05) is 12.1 Å². The Labute approximate surface area is 113 Å². The third-order valence-corrected chi connectivity index (χ3v) is 3.95. The average molecular weight is 267 g/mol. The van der Waals surface area contributed by atoms with E-state index in [1.54, 1.807) is 6.07 Å². The standard InChI is InChI=1S/C14H19ClN2O/c1-16(2)12-5-7-17(8-6-12)14-4-3-11(10-18)9-13(14)15/h3-4,9-10,12H,5-8H2,1-2H3. The van der Waals surface area contributed by atoms with Gasteiger partial charge in [0.2, 0.25) is 0 Å². The molecule has 1 heterocycles. The van der Waals surface area contributed by atoms with Gasteiger partial charge in [-0.3, -0.25) is 4.79 Å². The van der Waals surface area contributed by atoms with Gasteiger partial charge in [0.1, 0.15) is 6.29 Å². The summed E-state index contributed by atoms with van der Waals surface area (Å²) in [6, 6.07) is 6.17. The number of aldehydes is 1. The quantitative estimate of drug-likeness (QED) is 0.786. The van der Waals surface area contributed by atoms with E-state index in [2.05, 4.69) is 23.9 Å². The van der Waals surface area contributed by atoms with Crippen LogP contribution in [0.3, 0.4) is 0 Å². The van der Waals surface area contributed by atoms with Crippen LogP contribution in [0.1, 0.15) is 23.2 Å². The van der Waals surface area contributed by atoms with Crippen molar-refractivity contribution in [3.63, 3.8) is 0 Å². The van der Waals surface area contributed by atoms with Gasteiger partial charge < -0.3 is 9.80 Å². The van der Waals surface area contributed by atoms with Crippen molar-refractivity contribution in [3.8, 4) is 0 Å². The number of nitrogens with zero attached hydrogens (tertiary/aromatic N) is 2. The molecule has 18 heavy (non-hydrogen) atoms. The van der Waals surface area contributed by atoms with Gasteiger partial charge in [-0.1, -0.05) is 11.6 Å². The summed E-state index contributed by atoms with van der Waals surface area (Å²) in [6.07, 6.45) is 3.13. The van der Waals surface area contributed by atoms with Crippen LogP contribution < -0.4 is 4.90 Å². The Morgan fingerprint density at radius 1 is 1.33 bits per heavy atom. The molecule has 1 saturated heterocycles. The highest BCUT2D eigenvalue weighted by atomic mass is 35.5. The van der Waals surface area contributed by atoms with Crippen molar-refractivity contribution in [1.29, 1.82) is 0 Å². The van der Waals surface area contributed by atoms with Gasteiger partial charge in [0.25, 0.3) is 0 Å². The van der Waals surface area contributed by atoms with Crippen LogP contribution in [0.15, 0.2) is 18.2 Å². The van der Waals surface area contributed by atoms with Crippen molar-refractivity contribution < 1.29 is 4.79 Å². The summed E-state index contributed by atoms with van der Waals surface area (Å²) in [5.74, 6) is 0. The maximum atomic E-state index is 10.7. The Balaban J connectivity index is 2.07. The second-order valence-corrected chi connectivity index (χ2v) is 5.42. The summed E-state index contributed by atoms with van der Waals surface area (Å²) in [5, 5.41) is 0.669. The molecule has 4 heteroatoms. The van der Waals surface area contributed by atoms with E-state index in [1.165, 1.54) is 0 Å². The fourth-order valence-electron chi connectivity index (χ4n) is 2.48. The van der Waals surface area contributed by atoms with Crippen LogP contribution in [0.25, 0.3) is 0 Å². The molecule has 0 saturated carbocycles. The summed E-state index contributed by atoms with van der Waals surface area (Å²) in [4.78, 5) is 15.3. The molecule has 1 aliphatic rings. The zero-order chi connectivity index (χ0) is 13.1. The van der Waals surface area contributed by atoms with Crippen LogP contribution in [-0.4, -0.2) is 44.4 Å². The lowest BCUT2D eigenvalue weighted by Crippen LogP contribution is -2.42. The number of carbonyl (C=O) groups is 1. The minimum absolute atomic E-state index is 0.631. The predicted molar refractivity (Wildman–Crippen MR) is 75.8 cm³/mol. The first kappa shape index (κ1) is 13.4. The Kier molecular flexibility index (Phi) is 4.25. The highest BCUT2D eigenvalue weighted by Gasteiger charge is 2.21. The van der Waals surface area contributed by atoms with Crippen LogP contribution in [-0.2, 0) is 0 Å². The molecule has 1 aromatic carbocycles. The van der Waals surface area contributed by atoms with E-state index in [9.17, 15) is 4.79 Å². The minimum Gasteiger partial charge on any atom is -0.370 e. The first-order valence-corrected chi connectivity index (χ1v) is 6.65. The van der Waals surface area contributed by atoms with Gasteiger partial charge in [-0.25, -0.2) is 0 Å². The lowest BCUT2D eigenvalue weighted by Gasteiger charge is -2.36. The topological polar surface area (TPSA) is 23.6 Å². The molecule has 1 aliphatic heterocycles. The number of rotatable bonds is 3. The zero-order valence-electron chi connectivity index (χ0n) is 10.9. The van der Waals surface area contributed by atoms with Gasteiger partial charge in [-0.15, -0.1) is 0 Å². The van der Waals surface area contributed by atoms with Crippen molar-refractivity contribution in [3.05, 3.63) is 28.8 Å². The highest BCUT2D eigenvalue weighted by Crippen LogP contribution is 2.29. The Morgan fingerprint density at radius 3 is 2.50 bits per heavy atom. The predicted octanol–water partition coefficient (Wildman–Crippen LogP) is 2.68. The molecule has 0 aromatic heterocycles. The van der Waals surface area contributed by atoms with Crippen molar-refractivity contribution in [2.45, 2.75) is 18.9 Å². The number of hydrogen-bond acceptors (Lipinski definition) is 3. The first-order valence-electron chi connectivity index (χ1n) is 6.28. The smallest absolute Gasteiger partial charge is 0.150 e. The van der Waals surface area contributed by atoms with Crippen LogP contribution in [0.4, 0.5) is 5.69 Å². The van der Waals surface area contributed by atoms with Gasteiger partial charge in [0.05, 0.1) is 10.7 Å². The lowest BCUT2D eigenvalue weighted by molar-refractivity contribution is 0.112. The number of hydrogen-bond donors (Lipinski definition) is 0. The third-order valence-electron chi connectivity index (χ3n) is 3.64. The van der Waals surface area contributed by atoms with Gasteiger partial charge in [0, 0.05) is 24.7 Å². The van der Waals surface area contributed by atoms with Gasteiger partial charge in [0.15, 0.2) is 0 Å². The Morgan fingerprint density at radius 2 is 2.00 bits per heavy atom. The Bertz CT molecular complexity index is 426. The van der Waals surface area contributed by atoms with E-state index in [0.29, 0.717) is 16.6 Å². The van der Waals surface area contributed by atoms with E-state index in [-0.39, 0.29) is 0 Å². The van der Waals surface area contributed by atoms with Crippen molar-refractivity contribution >= 4 is 23.6 Å². The summed E-state index contributed by atoms with van der Waals surface area (Å²) >= 11 is 6.23. The number of anilines is 1. The molecule has 0 unspecified atom stereocenters. The van der Waals surface area contributed by atoms with Crippen LogP contribution in [0.2, 0.25) is 5.02 Å². The number of halogens is 1. The molecule has 0 N–H and O–H groups in total. The second-order valence-electron chi connectivity index (χ2n) is 5.01. The first-order chi connectivity index (χ1) is 8.61. The van der Waals surface area contributed by atoms with Crippen molar-refractivity contribution in [2.75, 3.05) is 32.1 Å². The SMILES string of the molecule is CN(C)C1CCN(c2ccc(C=O)cc2Cl)CC1. The molecule has 3 nitrogen and oxygen atoms in total. The summed E-state index contributed by atoms with van der Waals surface area (Å²) < 4.78 is 0. The molecule has 0 amide bonds. The molecule has 0 atom stereocenters. The van der Waals surface area contributed by atoms with Gasteiger partial charge in [-0.05, 0) is 45.1 Å². The molecular formula is C14H19ClN2O. The van der Waals surface area contributed by atoms with Crippen LogP contribution in [0, 0.1) is 0 Å². The molecule has 0 radical (unpaired) electrons. The molecule has 0 spiro atoms. The van der Waals surface area contributed by atoms with Gasteiger partial charge >= 0.3 is 0 Å². The normalized spacial score (nSPS) is 17.2. The summed E-state index contributed by atoms with van der Waals surface area (Å²) in [5.41, 5.74) is 1.67. The number of piperidine rings is 1. The Hall–Kier alpha value is -1.06. The van der Waals surface area contributed by atoms with Crippen LogP contribution >= 0.6 is 11.6 Å². The maximum Gasteiger partial charge on any atom is 0.150 e. The second kappa shape index (κ2) is 5.72. The minimum atomic E-state index is 0.631. The van der Waals surface area contributed by atoms with E-state index >= 15 is 0 Å². The van der Waals surface area contributed by atoms with Crippen LogP contribution in [0.5, 0.6) is 0 Å². The van der Waals surface area contributed by atoms with E-state index in [0.717, 1.165) is 37.9 Å². The monoisotopic (exact) mass is 266 g/mol. The maximum absolute atomic E-state index is 10.7. The molecule has 1 fully saturated rings. The molecular weight excluding hydrogens is 248 g/mol. The van der Waals surface area contributed by atoms with Gasteiger partial charge in [-0.2, -0.15) is 0 Å². The third kappa shape index (κ3) is 2.85.